The molecule has 0 atom stereocenters. The molecule has 1 saturated carbocycles. The average Bonchev–Trinajstić information content (AvgIpc) is 3.04. The fourth-order valence-corrected chi connectivity index (χ4v) is 2.20. The first-order valence-corrected chi connectivity index (χ1v) is 6.82. The molecular formula is C15H18FN3. The summed E-state index contributed by atoms with van der Waals surface area (Å²) in [5.74, 6) is 0.558. The van der Waals surface area contributed by atoms with Gasteiger partial charge in [0.05, 0.1) is 11.9 Å². The summed E-state index contributed by atoms with van der Waals surface area (Å²) in [5, 5.41) is 4.31. The summed E-state index contributed by atoms with van der Waals surface area (Å²) in [6.45, 7) is 4.90. The summed E-state index contributed by atoms with van der Waals surface area (Å²) in [6, 6.07) is 3.69. The molecule has 0 bridgehead atoms. The van der Waals surface area contributed by atoms with Gasteiger partial charge in [-0.3, -0.25) is 4.68 Å². The van der Waals surface area contributed by atoms with Crippen molar-refractivity contribution in [2.75, 3.05) is 0 Å². The molecule has 100 valence electrons. The van der Waals surface area contributed by atoms with E-state index in [0.29, 0.717) is 11.3 Å². The second-order valence-electron chi connectivity index (χ2n) is 5.63. The number of aromatic nitrogens is 3. The van der Waals surface area contributed by atoms with Gasteiger partial charge in [-0.05, 0) is 30.7 Å². The Morgan fingerprint density at radius 2 is 2.16 bits per heavy atom. The van der Waals surface area contributed by atoms with Gasteiger partial charge in [0.2, 0.25) is 5.95 Å². The Morgan fingerprint density at radius 1 is 1.37 bits per heavy atom. The maximum Gasteiger partial charge on any atom is 0.216 e. The highest BCUT2D eigenvalue weighted by molar-refractivity contribution is 5.57. The molecule has 19 heavy (non-hydrogen) atoms. The number of rotatable bonds is 4. The van der Waals surface area contributed by atoms with Crippen LogP contribution in [0.5, 0.6) is 0 Å². The normalized spacial score (nSPS) is 15.2. The van der Waals surface area contributed by atoms with Gasteiger partial charge in [-0.25, -0.2) is 4.98 Å². The minimum atomic E-state index is -0.373. The van der Waals surface area contributed by atoms with Crippen LogP contribution in [0.4, 0.5) is 4.39 Å². The third-order valence-electron chi connectivity index (χ3n) is 3.57. The summed E-state index contributed by atoms with van der Waals surface area (Å²) in [7, 11) is 0. The minimum Gasteiger partial charge on any atom is -0.272 e. The minimum absolute atomic E-state index is 0.152. The number of halogens is 1. The number of pyridine rings is 1. The Labute approximate surface area is 112 Å². The molecule has 0 aromatic carbocycles. The number of hydrogen-bond acceptors (Lipinski definition) is 2. The monoisotopic (exact) mass is 259 g/mol. The SMILES string of the molecule is CC(C)c1ccc(-c2cnn(CC3CC3)c2)nc1F. The molecule has 1 fully saturated rings. The fraction of sp³-hybridized carbons (Fsp3) is 0.467. The largest absolute Gasteiger partial charge is 0.272 e. The standard InChI is InChI=1S/C15H18FN3/c1-10(2)13-5-6-14(18-15(13)16)12-7-17-19(9-12)8-11-3-4-11/h5-7,9-11H,3-4,8H2,1-2H3. The maximum atomic E-state index is 13.9. The van der Waals surface area contributed by atoms with Crippen molar-refractivity contribution in [1.29, 1.82) is 0 Å². The van der Waals surface area contributed by atoms with E-state index in [1.54, 1.807) is 6.20 Å². The summed E-state index contributed by atoms with van der Waals surface area (Å²) in [6.07, 6.45) is 6.31. The van der Waals surface area contributed by atoms with Gasteiger partial charge in [0, 0.05) is 23.9 Å². The van der Waals surface area contributed by atoms with Gasteiger partial charge in [-0.1, -0.05) is 19.9 Å². The first-order valence-electron chi connectivity index (χ1n) is 6.82. The molecular weight excluding hydrogens is 241 g/mol. The predicted molar refractivity (Wildman–Crippen MR) is 72.2 cm³/mol. The number of hydrogen-bond donors (Lipinski definition) is 0. The Hall–Kier alpha value is -1.71. The highest BCUT2D eigenvalue weighted by Crippen LogP contribution is 2.31. The Kier molecular flexibility index (Phi) is 3.09. The summed E-state index contributed by atoms with van der Waals surface area (Å²) < 4.78 is 15.8. The summed E-state index contributed by atoms with van der Waals surface area (Å²) >= 11 is 0. The molecule has 4 heteroatoms. The Balaban J connectivity index is 1.84. The van der Waals surface area contributed by atoms with Crippen molar-refractivity contribution in [3.63, 3.8) is 0 Å². The lowest BCUT2D eigenvalue weighted by molar-refractivity contribution is 0.557. The van der Waals surface area contributed by atoms with E-state index >= 15 is 0 Å². The van der Waals surface area contributed by atoms with Crippen LogP contribution in [0, 0.1) is 11.9 Å². The second kappa shape index (κ2) is 4.76. The highest BCUT2D eigenvalue weighted by Gasteiger charge is 2.22. The summed E-state index contributed by atoms with van der Waals surface area (Å²) in [5.41, 5.74) is 2.20. The van der Waals surface area contributed by atoms with Gasteiger partial charge in [0.1, 0.15) is 0 Å². The van der Waals surface area contributed by atoms with E-state index in [0.717, 1.165) is 18.0 Å². The van der Waals surface area contributed by atoms with Crippen molar-refractivity contribution in [3.05, 3.63) is 36.0 Å². The lowest BCUT2D eigenvalue weighted by Gasteiger charge is -2.06. The predicted octanol–water partition coefficient (Wildman–Crippen LogP) is 3.62. The van der Waals surface area contributed by atoms with Crippen LogP contribution >= 0.6 is 0 Å². The third kappa shape index (κ3) is 2.67. The molecule has 0 saturated heterocycles. The van der Waals surface area contributed by atoms with E-state index in [4.69, 9.17) is 0 Å². The zero-order chi connectivity index (χ0) is 13.4. The molecule has 2 aromatic rings. The second-order valence-corrected chi connectivity index (χ2v) is 5.63. The lowest BCUT2D eigenvalue weighted by Crippen LogP contribution is -1.99. The first kappa shape index (κ1) is 12.3. The molecule has 0 N–H and O–H groups in total. The first-order chi connectivity index (χ1) is 9.13. The highest BCUT2D eigenvalue weighted by atomic mass is 19.1. The van der Waals surface area contributed by atoms with Crippen LogP contribution in [0.25, 0.3) is 11.3 Å². The average molecular weight is 259 g/mol. The molecule has 3 rings (SSSR count). The molecule has 2 aromatic heterocycles. The third-order valence-corrected chi connectivity index (χ3v) is 3.57. The Bertz CT molecular complexity index is 585. The fourth-order valence-electron chi connectivity index (χ4n) is 2.20. The zero-order valence-corrected chi connectivity index (χ0v) is 11.3. The van der Waals surface area contributed by atoms with Gasteiger partial charge < -0.3 is 0 Å². The van der Waals surface area contributed by atoms with Gasteiger partial charge >= 0.3 is 0 Å². The van der Waals surface area contributed by atoms with E-state index in [1.165, 1.54) is 12.8 Å². The smallest absolute Gasteiger partial charge is 0.216 e. The van der Waals surface area contributed by atoms with Gasteiger partial charge in [-0.15, -0.1) is 0 Å². The molecule has 2 heterocycles. The van der Waals surface area contributed by atoms with E-state index in [-0.39, 0.29) is 11.9 Å². The lowest BCUT2D eigenvalue weighted by atomic mass is 10.0. The van der Waals surface area contributed by atoms with Crippen LogP contribution in [0.2, 0.25) is 0 Å². The van der Waals surface area contributed by atoms with E-state index in [9.17, 15) is 4.39 Å². The van der Waals surface area contributed by atoms with E-state index in [2.05, 4.69) is 10.1 Å². The van der Waals surface area contributed by atoms with Crippen LogP contribution in [-0.4, -0.2) is 14.8 Å². The van der Waals surface area contributed by atoms with E-state index in [1.807, 2.05) is 36.9 Å². The van der Waals surface area contributed by atoms with Crippen molar-refractivity contribution in [2.24, 2.45) is 5.92 Å². The Morgan fingerprint density at radius 3 is 2.79 bits per heavy atom. The summed E-state index contributed by atoms with van der Waals surface area (Å²) in [4.78, 5) is 4.05. The van der Waals surface area contributed by atoms with Crippen molar-refractivity contribution < 1.29 is 4.39 Å². The quantitative estimate of drug-likeness (QED) is 0.785. The van der Waals surface area contributed by atoms with Gasteiger partial charge in [0.15, 0.2) is 0 Å². The van der Waals surface area contributed by atoms with Gasteiger partial charge in [0.25, 0.3) is 0 Å². The van der Waals surface area contributed by atoms with Crippen LogP contribution in [0.15, 0.2) is 24.5 Å². The zero-order valence-electron chi connectivity index (χ0n) is 11.3. The molecule has 0 aliphatic heterocycles. The molecule has 0 unspecified atom stereocenters. The topological polar surface area (TPSA) is 30.7 Å². The van der Waals surface area contributed by atoms with Crippen molar-refractivity contribution in [2.45, 2.75) is 39.2 Å². The van der Waals surface area contributed by atoms with Crippen molar-refractivity contribution in [3.8, 4) is 11.3 Å². The maximum absolute atomic E-state index is 13.9. The molecule has 0 amide bonds. The van der Waals surface area contributed by atoms with Crippen LogP contribution in [0.3, 0.4) is 0 Å². The van der Waals surface area contributed by atoms with Crippen LogP contribution in [-0.2, 0) is 6.54 Å². The van der Waals surface area contributed by atoms with Crippen LogP contribution < -0.4 is 0 Å². The van der Waals surface area contributed by atoms with Gasteiger partial charge in [-0.2, -0.15) is 9.49 Å². The molecule has 0 radical (unpaired) electrons. The van der Waals surface area contributed by atoms with Crippen molar-refractivity contribution in [1.82, 2.24) is 14.8 Å². The molecule has 3 nitrogen and oxygen atoms in total. The van der Waals surface area contributed by atoms with E-state index < -0.39 is 0 Å². The van der Waals surface area contributed by atoms with Crippen LogP contribution in [0.1, 0.15) is 38.2 Å². The molecule has 1 aliphatic rings. The molecule has 0 spiro atoms. The number of nitrogens with zero attached hydrogens (tertiary/aromatic N) is 3. The molecule has 1 aliphatic carbocycles. The van der Waals surface area contributed by atoms with Crippen molar-refractivity contribution >= 4 is 0 Å².